The van der Waals surface area contributed by atoms with E-state index in [4.69, 9.17) is 4.99 Å². The maximum Gasteiger partial charge on any atom is 0.191 e. The first kappa shape index (κ1) is 18.5. The van der Waals surface area contributed by atoms with E-state index in [2.05, 4.69) is 43.2 Å². The van der Waals surface area contributed by atoms with Gasteiger partial charge in [0.05, 0.1) is 12.1 Å². The Morgan fingerprint density at radius 2 is 1.96 bits per heavy atom. The van der Waals surface area contributed by atoms with Gasteiger partial charge in [-0.05, 0) is 39.5 Å². The first-order chi connectivity index (χ1) is 10.9. The minimum Gasteiger partial charge on any atom is -0.388 e. The summed E-state index contributed by atoms with van der Waals surface area (Å²) in [7, 11) is 0. The molecule has 1 aliphatic heterocycles. The van der Waals surface area contributed by atoms with Crippen molar-refractivity contribution in [1.82, 2.24) is 15.5 Å². The Morgan fingerprint density at radius 1 is 1.26 bits per heavy atom. The minimum atomic E-state index is -0.591. The van der Waals surface area contributed by atoms with E-state index < -0.39 is 5.60 Å². The van der Waals surface area contributed by atoms with Crippen LogP contribution < -0.4 is 10.6 Å². The van der Waals surface area contributed by atoms with Crippen LogP contribution >= 0.6 is 0 Å². The van der Waals surface area contributed by atoms with Crippen molar-refractivity contribution in [3.05, 3.63) is 0 Å². The summed E-state index contributed by atoms with van der Waals surface area (Å²) in [6.45, 7) is 12.5. The third-order valence-electron chi connectivity index (χ3n) is 5.35. The summed E-state index contributed by atoms with van der Waals surface area (Å²) in [4.78, 5) is 7.22. The number of aliphatic imine (C=N–C) groups is 1. The Kier molecular flexibility index (Phi) is 6.72. The molecule has 1 aliphatic carbocycles. The Morgan fingerprint density at radius 3 is 2.52 bits per heavy atom. The van der Waals surface area contributed by atoms with Gasteiger partial charge in [0, 0.05) is 31.7 Å². The van der Waals surface area contributed by atoms with Crippen LogP contribution in [0.25, 0.3) is 0 Å². The predicted molar refractivity (Wildman–Crippen MR) is 96.8 cm³/mol. The number of likely N-dealkylation sites (tertiary alicyclic amines) is 1. The molecular formula is C18H36N4O. The normalized spacial score (nSPS) is 29.0. The summed E-state index contributed by atoms with van der Waals surface area (Å²) >= 11 is 0. The largest absolute Gasteiger partial charge is 0.388 e. The fourth-order valence-electron chi connectivity index (χ4n) is 3.70. The van der Waals surface area contributed by atoms with Crippen LogP contribution in [-0.4, -0.2) is 59.8 Å². The molecule has 0 radical (unpaired) electrons. The summed E-state index contributed by atoms with van der Waals surface area (Å²) in [6.07, 6.45) is 5.26. The van der Waals surface area contributed by atoms with E-state index in [9.17, 15) is 5.11 Å². The molecule has 1 saturated heterocycles. The summed E-state index contributed by atoms with van der Waals surface area (Å²) in [5.41, 5.74) is -0.591. The second kappa shape index (κ2) is 8.34. The zero-order valence-electron chi connectivity index (χ0n) is 15.4. The summed E-state index contributed by atoms with van der Waals surface area (Å²) in [5, 5.41) is 17.6. The minimum absolute atomic E-state index is 0.427. The molecule has 0 aromatic rings. The Balaban J connectivity index is 1.94. The van der Waals surface area contributed by atoms with Crippen LogP contribution in [0.1, 0.15) is 59.8 Å². The van der Waals surface area contributed by atoms with Gasteiger partial charge in [0.25, 0.3) is 0 Å². The molecule has 5 heteroatoms. The van der Waals surface area contributed by atoms with Crippen molar-refractivity contribution in [3.63, 3.8) is 0 Å². The number of aliphatic hydroxyl groups is 1. The average Bonchev–Trinajstić information content (AvgIpc) is 2.87. The molecule has 3 N–H and O–H groups in total. The molecule has 0 spiro atoms. The lowest BCUT2D eigenvalue weighted by molar-refractivity contribution is 0.0131. The van der Waals surface area contributed by atoms with Gasteiger partial charge in [-0.15, -0.1) is 0 Å². The topological polar surface area (TPSA) is 59.9 Å². The Hall–Kier alpha value is -0.810. The lowest BCUT2D eigenvalue weighted by atomic mass is 9.85. The van der Waals surface area contributed by atoms with Crippen LogP contribution in [0.4, 0.5) is 0 Å². The first-order valence-electron chi connectivity index (χ1n) is 9.45. The van der Waals surface area contributed by atoms with Gasteiger partial charge >= 0.3 is 0 Å². The molecule has 23 heavy (non-hydrogen) atoms. The lowest BCUT2D eigenvalue weighted by Gasteiger charge is -2.31. The van der Waals surface area contributed by atoms with Crippen molar-refractivity contribution >= 4 is 5.96 Å². The molecule has 1 saturated carbocycles. The number of nitrogens with one attached hydrogen (secondary N) is 2. The third kappa shape index (κ3) is 5.35. The van der Waals surface area contributed by atoms with Crippen LogP contribution in [0.2, 0.25) is 0 Å². The van der Waals surface area contributed by atoms with E-state index in [1.807, 2.05) is 0 Å². The standard InChI is InChI=1S/C18H36N4O/c1-5-19-17(20-13-18(23)9-7-6-8-10-18)21-16-12-22(14(2)3)11-15(16)4/h14-16,23H,5-13H2,1-4H3,(H2,19,20,21). The van der Waals surface area contributed by atoms with Gasteiger partial charge in [-0.25, -0.2) is 0 Å². The molecule has 0 aromatic heterocycles. The van der Waals surface area contributed by atoms with Crippen molar-refractivity contribution in [2.45, 2.75) is 77.5 Å². The van der Waals surface area contributed by atoms with E-state index in [1.54, 1.807) is 0 Å². The molecule has 2 atom stereocenters. The van der Waals surface area contributed by atoms with Crippen LogP contribution in [0.15, 0.2) is 4.99 Å². The van der Waals surface area contributed by atoms with Crippen molar-refractivity contribution in [2.75, 3.05) is 26.2 Å². The maximum absolute atomic E-state index is 10.6. The molecule has 134 valence electrons. The van der Waals surface area contributed by atoms with E-state index in [0.29, 0.717) is 24.5 Å². The third-order valence-corrected chi connectivity index (χ3v) is 5.35. The molecule has 2 fully saturated rings. The van der Waals surface area contributed by atoms with E-state index in [-0.39, 0.29) is 0 Å². The zero-order chi connectivity index (χ0) is 16.9. The quantitative estimate of drug-likeness (QED) is 0.534. The van der Waals surface area contributed by atoms with Gasteiger partial charge in [-0.1, -0.05) is 26.2 Å². The van der Waals surface area contributed by atoms with Crippen molar-refractivity contribution in [2.24, 2.45) is 10.9 Å². The lowest BCUT2D eigenvalue weighted by Crippen LogP contribution is -2.47. The summed E-state index contributed by atoms with van der Waals surface area (Å²) < 4.78 is 0. The SMILES string of the molecule is CCNC(=NCC1(O)CCCCC1)NC1CN(C(C)C)CC1C. The highest BCUT2D eigenvalue weighted by atomic mass is 16.3. The molecule has 0 aromatic carbocycles. The first-order valence-corrected chi connectivity index (χ1v) is 9.45. The molecule has 2 unspecified atom stereocenters. The van der Waals surface area contributed by atoms with Gasteiger partial charge in [-0.3, -0.25) is 9.89 Å². The van der Waals surface area contributed by atoms with Gasteiger partial charge in [0.1, 0.15) is 0 Å². The summed E-state index contributed by atoms with van der Waals surface area (Å²) in [6, 6.07) is 1.02. The van der Waals surface area contributed by atoms with Crippen LogP contribution in [0.3, 0.4) is 0 Å². The molecule has 2 rings (SSSR count). The van der Waals surface area contributed by atoms with Crippen molar-refractivity contribution < 1.29 is 5.11 Å². The molecule has 0 amide bonds. The van der Waals surface area contributed by atoms with E-state index >= 15 is 0 Å². The molecule has 0 bridgehead atoms. The van der Waals surface area contributed by atoms with Crippen LogP contribution in [0.5, 0.6) is 0 Å². The number of guanidine groups is 1. The van der Waals surface area contributed by atoms with E-state index in [1.165, 1.54) is 6.42 Å². The van der Waals surface area contributed by atoms with E-state index in [0.717, 1.165) is 51.3 Å². The van der Waals surface area contributed by atoms with Gasteiger partial charge in [0.2, 0.25) is 0 Å². The van der Waals surface area contributed by atoms with Gasteiger partial charge in [-0.2, -0.15) is 0 Å². The monoisotopic (exact) mass is 324 g/mol. The highest BCUT2D eigenvalue weighted by molar-refractivity contribution is 5.80. The number of nitrogens with zero attached hydrogens (tertiary/aromatic N) is 2. The van der Waals surface area contributed by atoms with Gasteiger partial charge in [0.15, 0.2) is 5.96 Å². The Labute approximate surface area is 141 Å². The highest BCUT2D eigenvalue weighted by Crippen LogP contribution is 2.28. The van der Waals surface area contributed by atoms with Crippen LogP contribution in [0, 0.1) is 5.92 Å². The van der Waals surface area contributed by atoms with Gasteiger partial charge < -0.3 is 15.7 Å². The van der Waals surface area contributed by atoms with Crippen molar-refractivity contribution in [3.8, 4) is 0 Å². The second-order valence-corrected chi connectivity index (χ2v) is 7.76. The molecule has 2 aliphatic rings. The van der Waals surface area contributed by atoms with Crippen LogP contribution in [-0.2, 0) is 0 Å². The Bertz CT molecular complexity index is 390. The number of rotatable bonds is 5. The predicted octanol–water partition coefficient (Wildman–Crippen LogP) is 1.97. The average molecular weight is 325 g/mol. The van der Waals surface area contributed by atoms with Crippen molar-refractivity contribution in [1.29, 1.82) is 0 Å². The smallest absolute Gasteiger partial charge is 0.191 e. The zero-order valence-corrected chi connectivity index (χ0v) is 15.4. The summed E-state index contributed by atoms with van der Waals surface area (Å²) in [5.74, 6) is 1.47. The fourth-order valence-corrected chi connectivity index (χ4v) is 3.70. The molecular weight excluding hydrogens is 288 g/mol. The number of hydrogen-bond acceptors (Lipinski definition) is 3. The fraction of sp³-hybridized carbons (Fsp3) is 0.944. The molecule has 1 heterocycles. The highest BCUT2D eigenvalue weighted by Gasteiger charge is 2.32. The molecule has 5 nitrogen and oxygen atoms in total. The maximum atomic E-state index is 10.6. The number of hydrogen-bond donors (Lipinski definition) is 3. The second-order valence-electron chi connectivity index (χ2n) is 7.76.